The Morgan fingerprint density at radius 2 is 2.11 bits per heavy atom. The number of rotatable bonds is 4. The predicted octanol–water partition coefficient (Wildman–Crippen LogP) is 1.75. The Morgan fingerprint density at radius 1 is 1.33 bits per heavy atom. The summed E-state index contributed by atoms with van der Waals surface area (Å²) >= 11 is 0. The maximum Gasteiger partial charge on any atom is 0.357 e. The normalized spacial score (nSPS) is 11.1. The van der Waals surface area contributed by atoms with Gasteiger partial charge in [0.05, 0.1) is 11.9 Å². The summed E-state index contributed by atoms with van der Waals surface area (Å²) in [5.41, 5.74) is 1.31. The fourth-order valence-electron chi connectivity index (χ4n) is 1.59. The highest BCUT2D eigenvalue weighted by atomic mass is 16.4. The molecular formula is C12H10N2O4. The fourth-order valence-corrected chi connectivity index (χ4v) is 1.59. The lowest BCUT2D eigenvalue weighted by Crippen LogP contribution is -1.96. The zero-order chi connectivity index (χ0) is 13.1. The molecule has 1 heterocycles. The molecule has 0 radical (unpaired) electrons. The molecule has 0 atom stereocenters. The van der Waals surface area contributed by atoms with Gasteiger partial charge in [-0.05, 0) is 17.7 Å². The van der Waals surface area contributed by atoms with E-state index in [0.717, 1.165) is 5.56 Å². The van der Waals surface area contributed by atoms with Gasteiger partial charge in [0, 0.05) is 5.39 Å². The second-order valence-corrected chi connectivity index (χ2v) is 3.68. The van der Waals surface area contributed by atoms with E-state index in [0.29, 0.717) is 10.9 Å². The molecule has 0 saturated carbocycles. The zero-order valence-electron chi connectivity index (χ0n) is 9.25. The standard InChI is InChI=1S/C12H10N2O4/c15-10(16)3-1-2-7-4-5-9-8(6-7)11(12(17)18)14-13-9/h1-2,4-6H,3H2,(H,13,14)(H,15,16)(H,17,18). The second-order valence-electron chi connectivity index (χ2n) is 3.68. The predicted molar refractivity (Wildman–Crippen MR) is 64.3 cm³/mol. The average molecular weight is 246 g/mol. The van der Waals surface area contributed by atoms with Crippen molar-refractivity contribution in [2.24, 2.45) is 0 Å². The first kappa shape index (κ1) is 11.8. The lowest BCUT2D eigenvalue weighted by atomic mass is 10.1. The summed E-state index contributed by atoms with van der Waals surface area (Å²) in [6.07, 6.45) is 3.06. The van der Waals surface area contributed by atoms with Crippen LogP contribution in [0.1, 0.15) is 22.5 Å². The summed E-state index contributed by atoms with van der Waals surface area (Å²) in [5.74, 6) is -2.02. The minimum absolute atomic E-state index is 0.0431. The van der Waals surface area contributed by atoms with E-state index in [1.165, 1.54) is 6.08 Å². The van der Waals surface area contributed by atoms with Crippen LogP contribution >= 0.6 is 0 Å². The Bertz CT molecular complexity index is 643. The van der Waals surface area contributed by atoms with E-state index in [1.54, 1.807) is 24.3 Å². The number of hydrogen-bond acceptors (Lipinski definition) is 3. The Hall–Kier alpha value is -2.63. The number of aromatic carboxylic acids is 1. The van der Waals surface area contributed by atoms with Crippen LogP contribution in [0.3, 0.4) is 0 Å². The summed E-state index contributed by atoms with van der Waals surface area (Å²) in [7, 11) is 0. The molecule has 6 nitrogen and oxygen atoms in total. The summed E-state index contributed by atoms with van der Waals surface area (Å²) in [6, 6.07) is 5.11. The van der Waals surface area contributed by atoms with Gasteiger partial charge in [0.15, 0.2) is 5.69 Å². The summed E-state index contributed by atoms with van der Waals surface area (Å²) in [6.45, 7) is 0. The number of H-pyrrole nitrogens is 1. The van der Waals surface area contributed by atoms with Crippen LogP contribution in [-0.4, -0.2) is 32.3 Å². The van der Waals surface area contributed by atoms with Crippen molar-refractivity contribution in [3.63, 3.8) is 0 Å². The molecular weight excluding hydrogens is 236 g/mol. The molecule has 0 aliphatic rings. The van der Waals surface area contributed by atoms with Crippen molar-refractivity contribution < 1.29 is 19.8 Å². The van der Waals surface area contributed by atoms with Crippen molar-refractivity contribution in [1.29, 1.82) is 0 Å². The summed E-state index contributed by atoms with van der Waals surface area (Å²) in [5, 5.41) is 24.3. The molecule has 18 heavy (non-hydrogen) atoms. The molecule has 0 aliphatic heterocycles. The number of aromatic nitrogens is 2. The van der Waals surface area contributed by atoms with Crippen LogP contribution in [0.25, 0.3) is 17.0 Å². The smallest absolute Gasteiger partial charge is 0.357 e. The van der Waals surface area contributed by atoms with Gasteiger partial charge in [0.25, 0.3) is 0 Å². The number of fused-ring (bicyclic) bond motifs is 1. The Labute approximate surface area is 102 Å². The third kappa shape index (κ3) is 2.37. The van der Waals surface area contributed by atoms with Crippen molar-refractivity contribution in [3.05, 3.63) is 35.5 Å². The van der Waals surface area contributed by atoms with Crippen LogP contribution in [0.5, 0.6) is 0 Å². The average Bonchev–Trinajstić information content (AvgIpc) is 2.71. The highest BCUT2D eigenvalue weighted by molar-refractivity contribution is 6.01. The molecule has 3 N–H and O–H groups in total. The molecule has 0 spiro atoms. The number of nitrogens with zero attached hydrogens (tertiary/aromatic N) is 1. The van der Waals surface area contributed by atoms with Gasteiger partial charge in [-0.15, -0.1) is 0 Å². The number of carboxylic acid groups (broad SMARTS) is 2. The number of nitrogens with one attached hydrogen (secondary N) is 1. The van der Waals surface area contributed by atoms with Gasteiger partial charge in [0.2, 0.25) is 0 Å². The fraction of sp³-hybridized carbons (Fsp3) is 0.0833. The number of hydrogen-bond donors (Lipinski definition) is 3. The molecule has 1 aromatic heterocycles. The molecule has 0 bridgehead atoms. The number of carboxylic acids is 2. The van der Waals surface area contributed by atoms with E-state index in [1.807, 2.05) is 0 Å². The van der Waals surface area contributed by atoms with Crippen LogP contribution in [0, 0.1) is 0 Å². The first-order valence-corrected chi connectivity index (χ1v) is 5.17. The molecule has 0 saturated heterocycles. The lowest BCUT2D eigenvalue weighted by molar-refractivity contribution is -0.135. The van der Waals surface area contributed by atoms with Crippen LogP contribution in [0.15, 0.2) is 24.3 Å². The van der Waals surface area contributed by atoms with Gasteiger partial charge < -0.3 is 10.2 Å². The maximum absolute atomic E-state index is 10.9. The molecule has 6 heteroatoms. The topological polar surface area (TPSA) is 103 Å². The van der Waals surface area contributed by atoms with E-state index in [4.69, 9.17) is 10.2 Å². The minimum atomic E-state index is -1.10. The minimum Gasteiger partial charge on any atom is -0.481 e. The SMILES string of the molecule is O=C(O)CC=Cc1ccc2[nH]nc(C(=O)O)c2c1. The monoisotopic (exact) mass is 246 g/mol. The number of aromatic amines is 1. The van der Waals surface area contributed by atoms with Crippen molar-refractivity contribution >= 4 is 28.9 Å². The number of carbonyl (C=O) groups is 2. The van der Waals surface area contributed by atoms with Gasteiger partial charge in [-0.25, -0.2) is 4.79 Å². The van der Waals surface area contributed by atoms with Crippen LogP contribution < -0.4 is 0 Å². The summed E-state index contributed by atoms with van der Waals surface area (Å²) in [4.78, 5) is 21.3. The Balaban J connectivity index is 2.36. The highest BCUT2D eigenvalue weighted by Gasteiger charge is 2.12. The third-order valence-electron chi connectivity index (χ3n) is 2.39. The van der Waals surface area contributed by atoms with Crippen molar-refractivity contribution in [1.82, 2.24) is 10.2 Å². The molecule has 0 unspecified atom stereocenters. The van der Waals surface area contributed by atoms with E-state index < -0.39 is 11.9 Å². The molecule has 92 valence electrons. The Kier molecular flexibility index (Phi) is 3.09. The quantitative estimate of drug-likeness (QED) is 0.762. The van der Waals surface area contributed by atoms with Crippen molar-refractivity contribution in [2.45, 2.75) is 6.42 Å². The van der Waals surface area contributed by atoms with Crippen LogP contribution in [-0.2, 0) is 4.79 Å². The maximum atomic E-state index is 10.9. The van der Waals surface area contributed by atoms with Crippen molar-refractivity contribution in [2.75, 3.05) is 0 Å². The Morgan fingerprint density at radius 3 is 2.78 bits per heavy atom. The van der Waals surface area contributed by atoms with Gasteiger partial charge in [0.1, 0.15) is 0 Å². The number of aliphatic carboxylic acids is 1. The summed E-state index contributed by atoms with van der Waals surface area (Å²) < 4.78 is 0. The highest BCUT2D eigenvalue weighted by Crippen LogP contribution is 2.18. The zero-order valence-corrected chi connectivity index (χ0v) is 9.25. The van der Waals surface area contributed by atoms with E-state index >= 15 is 0 Å². The van der Waals surface area contributed by atoms with Crippen LogP contribution in [0.2, 0.25) is 0 Å². The first-order chi connectivity index (χ1) is 8.58. The van der Waals surface area contributed by atoms with Gasteiger partial charge in [-0.1, -0.05) is 18.2 Å². The second kappa shape index (κ2) is 4.70. The molecule has 0 amide bonds. The molecule has 0 aliphatic carbocycles. The number of benzene rings is 1. The largest absolute Gasteiger partial charge is 0.481 e. The van der Waals surface area contributed by atoms with Gasteiger partial charge in [-0.3, -0.25) is 9.89 Å². The van der Waals surface area contributed by atoms with Gasteiger partial charge in [-0.2, -0.15) is 5.10 Å². The molecule has 2 aromatic rings. The third-order valence-corrected chi connectivity index (χ3v) is 2.39. The van der Waals surface area contributed by atoms with E-state index in [-0.39, 0.29) is 12.1 Å². The van der Waals surface area contributed by atoms with Crippen LogP contribution in [0.4, 0.5) is 0 Å². The first-order valence-electron chi connectivity index (χ1n) is 5.17. The molecule has 2 rings (SSSR count). The van der Waals surface area contributed by atoms with E-state index in [9.17, 15) is 9.59 Å². The van der Waals surface area contributed by atoms with E-state index in [2.05, 4.69) is 10.2 Å². The molecule has 1 aromatic carbocycles. The van der Waals surface area contributed by atoms with Gasteiger partial charge >= 0.3 is 11.9 Å². The lowest BCUT2D eigenvalue weighted by Gasteiger charge is -1.95. The van der Waals surface area contributed by atoms with Crippen molar-refractivity contribution in [3.8, 4) is 0 Å². The molecule has 0 fully saturated rings.